The number of hydrogen-bond donors (Lipinski definition) is 1. The third-order valence-corrected chi connectivity index (χ3v) is 4.80. The molecule has 2 aromatic rings. The molecule has 0 atom stereocenters. The van der Waals surface area contributed by atoms with Gasteiger partial charge in [0, 0.05) is 36.4 Å². The zero-order chi connectivity index (χ0) is 14.8. The lowest BCUT2D eigenvalue weighted by atomic mass is 10.2. The van der Waals surface area contributed by atoms with Crippen LogP contribution in [0.3, 0.4) is 0 Å². The Balaban J connectivity index is 1.83. The average Bonchev–Trinajstić information content (AvgIpc) is 3.06. The van der Waals surface area contributed by atoms with Crippen LogP contribution < -0.4 is 14.8 Å². The van der Waals surface area contributed by atoms with E-state index in [9.17, 15) is 4.79 Å². The minimum absolute atomic E-state index is 0.167. The molecule has 1 aromatic heterocycles. The molecule has 0 unspecified atom stereocenters. The first kappa shape index (κ1) is 14.4. The maximum atomic E-state index is 12.2. The van der Waals surface area contributed by atoms with Crippen LogP contribution in [-0.2, 0) is 4.74 Å². The van der Waals surface area contributed by atoms with Crippen LogP contribution in [-0.4, -0.2) is 33.0 Å². The topological polar surface area (TPSA) is 56.8 Å². The molecule has 0 fully saturated rings. The van der Waals surface area contributed by atoms with Crippen LogP contribution in [0, 0.1) is 0 Å². The third-order valence-electron chi connectivity index (χ3n) is 3.14. The molecule has 0 aliphatic carbocycles. The molecule has 112 valence electrons. The van der Waals surface area contributed by atoms with Gasteiger partial charge in [0.15, 0.2) is 11.5 Å². The molecule has 2 heterocycles. The van der Waals surface area contributed by atoms with E-state index in [0.717, 1.165) is 16.5 Å². The summed E-state index contributed by atoms with van der Waals surface area (Å²) >= 11 is 7.67. The zero-order valence-corrected chi connectivity index (χ0v) is 13.0. The van der Waals surface area contributed by atoms with Gasteiger partial charge < -0.3 is 19.5 Å². The summed E-state index contributed by atoms with van der Waals surface area (Å²) in [5.41, 5.74) is 0. The van der Waals surface area contributed by atoms with E-state index in [4.69, 9.17) is 25.8 Å². The van der Waals surface area contributed by atoms with Gasteiger partial charge in [-0.3, -0.25) is 4.79 Å². The summed E-state index contributed by atoms with van der Waals surface area (Å²) in [5, 5.41) is 4.11. The molecule has 0 saturated heterocycles. The Labute approximate surface area is 130 Å². The van der Waals surface area contributed by atoms with Gasteiger partial charge in [0.25, 0.3) is 5.91 Å². The van der Waals surface area contributed by atoms with Gasteiger partial charge in [-0.25, -0.2) is 0 Å². The number of nitrogens with one attached hydrogen (secondary N) is 1. The quantitative estimate of drug-likeness (QED) is 0.858. The smallest absolute Gasteiger partial charge is 0.262 e. The van der Waals surface area contributed by atoms with Crippen molar-refractivity contribution in [2.45, 2.75) is 6.42 Å². The van der Waals surface area contributed by atoms with E-state index in [1.54, 1.807) is 7.11 Å². The van der Waals surface area contributed by atoms with Gasteiger partial charge in [-0.05, 0) is 12.5 Å². The van der Waals surface area contributed by atoms with Crippen molar-refractivity contribution in [2.24, 2.45) is 0 Å². The fraction of sp³-hybridized carbons (Fsp3) is 0.357. The van der Waals surface area contributed by atoms with Crippen molar-refractivity contribution >= 4 is 38.9 Å². The van der Waals surface area contributed by atoms with Crippen LogP contribution in [0.1, 0.15) is 16.1 Å². The second-order valence-corrected chi connectivity index (χ2v) is 5.98. The lowest BCUT2D eigenvalue weighted by molar-refractivity contribution is 0.0953. The minimum Gasteiger partial charge on any atom is -0.454 e. The zero-order valence-electron chi connectivity index (χ0n) is 11.4. The number of halogens is 1. The van der Waals surface area contributed by atoms with Crippen molar-refractivity contribution in [3.05, 3.63) is 22.0 Å². The van der Waals surface area contributed by atoms with Gasteiger partial charge in [-0.1, -0.05) is 11.6 Å². The van der Waals surface area contributed by atoms with Gasteiger partial charge in [0.2, 0.25) is 6.79 Å². The van der Waals surface area contributed by atoms with E-state index < -0.39 is 0 Å². The van der Waals surface area contributed by atoms with Crippen LogP contribution in [0.5, 0.6) is 11.5 Å². The van der Waals surface area contributed by atoms with Crippen LogP contribution in [0.2, 0.25) is 5.02 Å². The molecule has 1 aliphatic rings. The first-order valence-corrected chi connectivity index (χ1v) is 7.69. The highest BCUT2D eigenvalue weighted by Gasteiger charge is 2.21. The highest BCUT2D eigenvalue weighted by Crippen LogP contribution is 2.43. The lowest BCUT2D eigenvalue weighted by Gasteiger charge is -2.03. The molecule has 5 nitrogen and oxygen atoms in total. The van der Waals surface area contributed by atoms with Crippen molar-refractivity contribution in [3.8, 4) is 11.5 Å². The Kier molecular flexibility index (Phi) is 4.19. The number of methoxy groups -OCH3 is 1. The van der Waals surface area contributed by atoms with Crippen molar-refractivity contribution in [1.82, 2.24) is 5.32 Å². The minimum atomic E-state index is -0.167. The number of benzene rings is 1. The fourth-order valence-corrected chi connectivity index (χ4v) is 3.54. The number of carbonyl (C=O) groups is 1. The van der Waals surface area contributed by atoms with Crippen LogP contribution in [0.25, 0.3) is 10.1 Å². The molecule has 0 saturated carbocycles. The van der Waals surface area contributed by atoms with Crippen LogP contribution in [0.4, 0.5) is 0 Å². The number of carbonyl (C=O) groups excluding carboxylic acids is 1. The summed E-state index contributed by atoms with van der Waals surface area (Å²) in [6.45, 7) is 1.39. The van der Waals surface area contributed by atoms with Crippen molar-refractivity contribution < 1.29 is 19.0 Å². The normalized spacial score (nSPS) is 12.9. The number of thiophene rings is 1. The largest absolute Gasteiger partial charge is 0.454 e. The van der Waals surface area contributed by atoms with Gasteiger partial charge in [-0.15, -0.1) is 11.3 Å². The molecule has 3 rings (SSSR count). The van der Waals surface area contributed by atoms with Gasteiger partial charge in [0.1, 0.15) is 4.88 Å². The standard InChI is InChI=1S/C14H14ClNO4S/c1-18-4-2-3-16-14(17)13-12(15)8-5-9-10(20-7-19-9)6-11(8)21-13/h5-6H,2-4,7H2,1H3,(H,16,17). The summed E-state index contributed by atoms with van der Waals surface area (Å²) in [6.07, 6.45) is 0.765. The summed E-state index contributed by atoms with van der Waals surface area (Å²) in [6, 6.07) is 3.67. The average molecular weight is 328 g/mol. The monoisotopic (exact) mass is 327 g/mol. The number of fused-ring (bicyclic) bond motifs is 2. The molecule has 0 spiro atoms. The van der Waals surface area contributed by atoms with Crippen molar-refractivity contribution in [3.63, 3.8) is 0 Å². The highest BCUT2D eigenvalue weighted by atomic mass is 35.5. The molecule has 0 radical (unpaired) electrons. The summed E-state index contributed by atoms with van der Waals surface area (Å²) in [7, 11) is 1.63. The predicted octanol–water partition coefficient (Wildman–Crippen LogP) is 3.05. The van der Waals surface area contributed by atoms with Crippen molar-refractivity contribution in [2.75, 3.05) is 27.1 Å². The van der Waals surface area contributed by atoms with E-state index in [2.05, 4.69) is 5.32 Å². The first-order chi connectivity index (χ1) is 10.2. The maximum Gasteiger partial charge on any atom is 0.262 e. The third kappa shape index (κ3) is 2.79. The van der Waals surface area contributed by atoms with E-state index in [1.165, 1.54) is 11.3 Å². The van der Waals surface area contributed by atoms with Gasteiger partial charge >= 0.3 is 0 Å². The molecule has 1 amide bonds. The summed E-state index contributed by atoms with van der Waals surface area (Å²) < 4.78 is 16.5. The van der Waals surface area contributed by atoms with Gasteiger partial charge in [-0.2, -0.15) is 0 Å². The molecular weight excluding hydrogens is 314 g/mol. The van der Waals surface area contributed by atoms with Gasteiger partial charge in [0.05, 0.1) is 5.02 Å². The maximum absolute atomic E-state index is 12.2. The van der Waals surface area contributed by atoms with E-state index in [0.29, 0.717) is 34.6 Å². The lowest BCUT2D eigenvalue weighted by Crippen LogP contribution is -2.24. The van der Waals surface area contributed by atoms with Crippen LogP contribution >= 0.6 is 22.9 Å². The Morgan fingerprint density at radius 1 is 1.43 bits per heavy atom. The van der Waals surface area contributed by atoms with Crippen molar-refractivity contribution in [1.29, 1.82) is 0 Å². The number of amides is 1. The molecule has 1 N–H and O–H groups in total. The SMILES string of the molecule is COCCCNC(=O)c1sc2cc3c(cc2c1Cl)OCO3. The highest BCUT2D eigenvalue weighted by molar-refractivity contribution is 7.21. The molecule has 21 heavy (non-hydrogen) atoms. The molecule has 7 heteroatoms. The Bertz CT molecular complexity index is 685. The fourth-order valence-electron chi connectivity index (χ4n) is 2.10. The second kappa shape index (κ2) is 6.09. The number of ether oxygens (including phenoxy) is 3. The Morgan fingerprint density at radius 2 is 2.19 bits per heavy atom. The van der Waals surface area contributed by atoms with Crippen LogP contribution in [0.15, 0.2) is 12.1 Å². The molecule has 1 aliphatic heterocycles. The van der Waals surface area contributed by atoms with E-state index in [-0.39, 0.29) is 12.7 Å². The molecular formula is C14H14ClNO4S. The number of hydrogen-bond acceptors (Lipinski definition) is 5. The Hall–Kier alpha value is -1.50. The first-order valence-electron chi connectivity index (χ1n) is 6.49. The number of rotatable bonds is 5. The summed E-state index contributed by atoms with van der Waals surface area (Å²) in [5.74, 6) is 1.18. The second-order valence-electron chi connectivity index (χ2n) is 4.55. The Morgan fingerprint density at radius 3 is 2.95 bits per heavy atom. The molecule has 1 aromatic carbocycles. The van der Waals surface area contributed by atoms with E-state index >= 15 is 0 Å². The van der Waals surface area contributed by atoms with E-state index in [1.807, 2.05) is 12.1 Å². The predicted molar refractivity (Wildman–Crippen MR) is 81.8 cm³/mol. The molecule has 0 bridgehead atoms. The summed E-state index contributed by atoms with van der Waals surface area (Å²) in [4.78, 5) is 12.7.